The minimum atomic E-state index is -1.25. The van der Waals surface area contributed by atoms with E-state index in [1.165, 1.54) is 0 Å². The third kappa shape index (κ3) is 1.93. The summed E-state index contributed by atoms with van der Waals surface area (Å²) in [4.78, 5) is 12.0. The maximum Gasteiger partial charge on any atom is 0.337 e. The maximum absolute atomic E-state index is 12.0. The fourth-order valence-electron chi connectivity index (χ4n) is 4.26. The fraction of sp³-hybridized carbons (Fsp3) is 0.800. The lowest BCUT2D eigenvalue weighted by molar-refractivity contribution is -0.288. The first-order valence-corrected chi connectivity index (χ1v) is 7.31. The summed E-state index contributed by atoms with van der Waals surface area (Å²) in [7, 11) is 0. The summed E-state index contributed by atoms with van der Waals surface area (Å²) in [6.45, 7) is 8.20. The van der Waals surface area contributed by atoms with E-state index in [-0.39, 0.29) is 23.9 Å². The number of hydrogen-bond donors (Lipinski definition) is 1. The summed E-state index contributed by atoms with van der Waals surface area (Å²) in [6, 6.07) is 0. The van der Waals surface area contributed by atoms with Gasteiger partial charge in [-0.15, -0.1) is 0 Å². The Kier molecular flexibility index (Phi) is 2.98. The average molecular weight is 265 g/mol. The van der Waals surface area contributed by atoms with Gasteiger partial charge in [-0.05, 0) is 44.4 Å². The van der Waals surface area contributed by atoms with Crippen LogP contribution >= 0.6 is 0 Å². The van der Waals surface area contributed by atoms with Crippen molar-refractivity contribution in [1.29, 1.82) is 0 Å². The first-order chi connectivity index (χ1) is 8.92. The van der Waals surface area contributed by atoms with Crippen molar-refractivity contribution in [1.82, 2.24) is 0 Å². The zero-order valence-electron chi connectivity index (χ0n) is 11.7. The summed E-state index contributed by atoms with van der Waals surface area (Å²) < 4.78 is 11.3. The summed E-state index contributed by atoms with van der Waals surface area (Å²) in [5, 5.41) is 0. The van der Waals surface area contributed by atoms with E-state index >= 15 is 0 Å². The van der Waals surface area contributed by atoms with Gasteiger partial charge in [0.25, 0.3) is 5.91 Å². The second kappa shape index (κ2) is 4.32. The van der Waals surface area contributed by atoms with Crippen LogP contribution in [0.25, 0.3) is 0 Å². The number of carbonyl (C=O) groups excluding carboxylic acids is 1. The Balaban J connectivity index is 2.03. The Morgan fingerprint density at radius 3 is 2.74 bits per heavy atom. The molecule has 0 aromatic carbocycles. The summed E-state index contributed by atoms with van der Waals surface area (Å²) in [6.07, 6.45) is 4.19. The highest BCUT2D eigenvalue weighted by atomic mass is 16.7. The van der Waals surface area contributed by atoms with Gasteiger partial charge < -0.3 is 9.47 Å². The smallest absolute Gasteiger partial charge is 0.337 e. The van der Waals surface area contributed by atoms with Crippen molar-refractivity contribution in [2.24, 2.45) is 29.4 Å². The molecule has 2 N–H and O–H groups in total. The second-order valence-electron chi connectivity index (χ2n) is 6.49. The van der Waals surface area contributed by atoms with Crippen molar-refractivity contribution in [3.8, 4) is 0 Å². The zero-order chi connectivity index (χ0) is 13.8. The van der Waals surface area contributed by atoms with Crippen LogP contribution in [0.1, 0.15) is 39.5 Å². The second-order valence-corrected chi connectivity index (χ2v) is 6.49. The molecule has 3 rings (SSSR count). The number of nitrogens with two attached hydrogens (primary N) is 1. The van der Waals surface area contributed by atoms with Gasteiger partial charge in [0.2, 0.25) is 0 Å². The van der Waals surface area contributed by atoms with Crippen LogP contribution in [0.2, 0.25) is 0 Å². The Morgan fingerprint density at radius 2 is 2.00 bits per heavy atom. The van der Waals surface area contributed by atoms with Gasteiger partial charge in [-0.1, -0.05) is 13.5 Å². The molecule has 0 aromatic heterocycles. The molecule has 6 atom stereocenters. The molecule has 0 radical (unpaired) electrons. The molecule has 1 saturated carbocycles. The van der Waals surface area contributed by atoms with Gasteiger partial charge in [-0.25, -0.2) is 4.79 Å². The average Bonchev–Trinajstić information content (AvgIpc) is 2.46. The maximum atomic E-state index is 12.0. The highest BCUT2D eigenvalue weighted by Crippen LogP contribution is 2.53. The molecule has 19 heavy (non-hydrogen) atoms. The predicted octanol–water partition coefficient (Wildman–Crippen LogP) is 2.19. The van der Waals surface area contributed by atoms with E-state index in [2.05, 4.69) is 13.5 Å². The molecule has 1 aliphatic carbocycles. The minimum Gasteiger partial charge on any atom is -0.415 e. The molecule has 4 nitrogen and oxygen atoms in total. The van der Waals surface area contributed by atoms with Crippen LogP contribution in [0.3, 0.4) is 0 Å². The molecule has 4 unspecified atom stereocenters. The molecular formula is C15H23NO3. The molecule has 2 heterocycles. The van der Waals surface area contributed by atoms with Crippen LogP contribution in [-0.4, -0.2) is 18.0 Å². The van der Waals surface area contributed by atoms with Gasteiger partial charge in [0.15, 0.2) is 0 Å². The van der Waals surface area contributed by atoms with Crippen molar-refractivity contribution in [2.45, 2.75) is 51.5 Å². The first-order valence-electron chi connectivity index (χ1n) is 7.31. The lowest BCUT2D eigenvalue weighted by Gasteiger charge is -2.51. The molecule has 3 aliphatic rings. The monoisotopic (exact) mass is 265 g/mol. The van der Waals surface area contributed by atoms with E-state index in [0.29, 0.717) is 17.4 Å². The predicted molar refractivity (Wildman–Crippen MR) is 70.8 cm³/mol. The SMILES string of the molecule is C=C1C(=O)OC2(N)OC(C)CC[C@@H]3C2C1CC[C@H]3C. The number of ether oxygens (including phenoxy) is 2. The summed E-state index contributed by atoms with van der Waals surface area (Å²) >= 11 is 0. The third-order valence-corrected chi connectivity index (χ3v) is 5.28. The van der Waals surface area contributed by atoms with Gasteiger partial charge in [0.05, 0.1) is 12.0 Å². The molecule has 0 amide bonds. The molecule has 0 spiro atoms. The van der Waals surface area contributed by atoms with E-state index in [1.54, 1.807) is 0 Å². The van der Waals surface area contributed by atoms with Gasteiger partial charge in [0, 0.05) is 11.5 Å². The minimum absolute atomic E-state index is 0.0302. The number of carbonyl (C=O) groups is 1. The van der Waals surface area contributed by atoms with E-state index in [1.807, 2.05) is 6.92 Å². The van der Waals surface area contributed by atoms with Crippen molar-refractivity contribution < 1.29 is 14.3 Å². The van der Waals surface area contributed by atoms with E-state index in [4.69, 9.17) is 15.2 Å². The van der Waals surface area contributed by atoms with Crippen molar-refractivity contribution >= 4 is 5.97 Å². The molecule has 3 fully saturated rings. The lowest BCUT2D eigenvalue weighted by Crippen LogP contribution is -2.63. The van der Waals surface area contributed by atoms with E-state index in [9.17, 15) is 4.79 Å². The molecule has 0 bridgehead atoms. The van der Waals surface area contributed by atoms with Crippen LogP contribution in [0.15, 0.2) is 12.2 Å². The highest BCUT2D eigenvalue weighted by molar-refractivity contribution is 5.89. The highest BCUT2D eigenvalue weighted by Gasteiger charge is 2.58. The Labute approximate surface area is 114 Å². The Bertz CT molecular complexity index is 422. The standard InChI is InChI=1S/C15H23NO3/c1-8-4-6-12-10(3)14(17)19-15(16)13(12)11(8)7-5-9(2)18-15/h8-9,11-13H,3-7,16H2,1-2H3/t8-,9?,11+,12?,13?,15?/m1/s1. The van der Waals surface area contributed by atoms with Crippen LogP contribution in [-0.2, 0) is 14.3 Å². The Hall–Kier alpha value is -0.870. The molecule has 2 saturated heterocycles. The van der Waals surface area contributed by atoms with Gasteiger partial charge >= 0.3 is 5.97 Å². The normalized spacial score (nSPS) is 50.2. The third-order valence-electron chi connectivity index (χ3n) is 5.28. The molecule has 4 heteroatoms. The number of rotatable bonds is 0. The quantitative estimate of drug-likeness (QED) is 0.539. The van der Waals surface area contributed by atoms with E-state index in [0.717, 1.165) is 25.7 Å². The Morgan fingerprint density at radius 1 is 1.26 bits per heavy atom. The van der Waals surface area contributed by atoms with Crippen LogP contribution in [0.5, 0.6) is 0 Å². The largest absolute Gasteiger partial charge is 0.415 e. The molecule has 106 valence electrons. The molecular weight excluding hydrogens is 242 g/mol. The number of esters is 1. The van der Waals surface area contributed by atoms with Crippen LogP contribution < -0.4 is 5.73 Å². The van der Waals surface area contributed by atoms with Crippen molar-refractivity contribution in [3.05, 3.63) is 12.2 Å². The zero-order valence-corrected chi connectivity index (χ0v) is 11.7. The van der Waals surface area contributed by atoms with Crippen LogP contribution in [0.4, 0.5) is 0 Å². The molecule has 2 aliphatic heterocycles. The van der Waals surface area contributed by atoms with E-state index < -0.39 is 5.91 Å². The number of hydrogen-bond acceptors (Lipinski definition) is 4. The fourth-order valence-corrected chi connectivity index (χ4v) is 4.26. The topological polar surface area (TPSA) is 61.5 Å². The van der Waals surface area contributed by atoms with Gasteiger partial charge in [-0.3, -0.25) is 5.73 Å². The van der Waals surface area contributed by atoms with Crippen molar-refractivity contribution in [3.63, 3.8) is 0 Å². The van der Waals surface area contributed by atoms with Crippen molar-refractivity contribution in [2.75, 3.05) is 0 Å². The van der Waals surface area contributed by atoms with Gasteiger partial charge in [-0.2, -0.15) is 0 Å². The van der Waals surface area contributed by atoms with Crippen LogP contribution in [0, 0.1) is 23.7 Å². The lowest BCUT2D eigenvalue weighted by atomic mass is 9.61. The summed E-state index contributed by atoms with van der Waals surface area (Å²) in [5.41, 5.74) is 6.94. The molecule has 0 aromatic rings. The summed E-state index contributed by atoms with van der Waals surface area (Å²) in [5.74, 6) is -0.394. The van der Waals surface area contributed by atoms with Gasteiger partial charge in [0.1, 0.15) is 0 Å². The first kappa shape index (κ1) is 13.1.